The van der Waals surface area contributed by atoms with Gasteiger partial charge in [0.25, 0.3) is 0 Å². The minimum absolute atomic E-state index is 0.0762. The van der Waals surface area contributed by atoms with E-state index in [1.807, 2.05) is 49.1 Å². The van der Waals surface area contributed by atoms with Gasteiger partial charge in [0.1, 0.15) is 0 Å². The summed E-state index contributed by atoms with van der Waals surface area (Å²) in [5.74, 6) is 0.790. The van der Waals surface area contributed by atoms with Gasteiger partial charge < -0.3 is 9.80 Å². The van der Waals surface area contributed by atoms with Crippen LogP contribution in [0.5, 0.6) is 0 Å². The fourth-order valence-electron chi connectivity index (χ4n) is 2.58. The number of aromatic nitrogens is 4. The van der Waals surface area contributed by atoms with Gasteiger partial charge in [0.15, 0.2) is 0 Å². The van der Waals surface area contributed by atoms with Gasteiger partial charge in [-0.05, 0) is 36.4 Å². The molecule has 0 saturated carbocycles. The minimum Gasteiger partial charge on any atom is -0.336 e. The Hall–Kier alpha value is -2.70. The zero-order chi connectivity index (χ0) is 16.2. The van der Waals surface area contributed by atoms with Crippen molar-refractivity contribution in [2.75, 3.05) is 31.1 Å². The molecular weight excluding hydrogens is 292 g/mol. The predicted molar refractivity (Wildman–Crippen MR) is 87.4 cm³/mol. The maximum atomic E-state index is 12.1. The van der Waals surface area contributed by atoms with Crippen LogP contribution in [0, 0.1) is 0 Å². The third-order valence-electron chi connectivity index (χ3n) is 3.74. The number of carbonyl (C=O) groups is 1. The van der Waals surface area contributed by atoms with E-state index in [-0.39, 0.29) is 5.91 Å². The van der Waals surface area contributed by atoms with Crippen LogP contribution in [0.3, 0.4) is 0 Å². The Balaban J connectivity index is 1.71. The zero-order valence-electron chi connectivity index (χ0n) is 13.4. The van der Waals surface area contributed by atoms with Crippen molar-refractivity contribution < 1.29 is 4.79 Å². The molecule has 1 fully saturated rings. The average Bonchev–Trinajstić information content (AvgIpc) is 3.05. The number of carbonyl (C=O) groups excluding carboxylic acids is 1. The molecule has 3 rings (SSSR count). The maximum Gasteiger partial charge on any atom is 0.250 e. The number of para-hydroxylation sites is 1. The number of tetrazole rings is 1. The predicted octanol–water partition coefficient (Wildman–Crippen LogP) is 1.28. The van der Waals surface area contributed by atoms with Crippen LogP contribution in [0.25, 0.3) is 5.69 Å². The summed E-state index contributed by atoms with van der Waals surface area (Å²) in [7, 11) is 0. The lowest BCUT2D eigenvalue weighted by molar-refractivity contribution is -0.126. The van der Waals surface area contributed by atoms with E-state index in [0.29, 0.717) is 19.0 Å². The monoisotopic (exact) mass is 312 g/mol. The Morgan fingerprint density at radius 2 is 1.78 bits per heavy atom. The topological polar surface area (TPSA) is 67.2 Å². The molecule has 120 valence electrons. The summed E-state index contributed by atoms with van der Waals surface area (Å²) < 4.78 is 1.73. The van der Waals surface area contributed by atoms with Crippen molar-refractivity contribution in [3.05, 3.63) is 42.0 Å². The second-order valence-electron chi connectivity index (χ2n) is 5.76. The Morgan fingerprint density at radius 3 is 2.43 bits per heavy atom. The molecular formula is C16H20N6O. The van der Waals surface area contributed by atoms with Crippen LogP contribution in [-0.4, -0.2) is 57.2 Å². The van der Waals surface area contributed by atoms with Crippen LogP contribution in [0.2, 0.25) is 0 Å². The molecule has 0 atom stereocenters. The van der Waals surface area contributed by atoms with Crippen LogP contribution < -0.4 is 4.90 Å². The number of piperazine rings is 1. The summed E-state index contributed by atoms with van der Waals surface area (Å²) in [6.45, 7) is 6.64. The van der Waals surface area contributed by atoms with Crippen molar-refractivity contribution in [1.29, 1.82) is 0 Å². The number of rotatable bonds is 3. The maximum absolute atomic E-state index is 12.1. The third kappa shape index (κ3) is 3.39. The molecule has 0 radical (unpaired) electrons. The number of hydrogen-bond acceptors (Lipinski definition) is 5. The highest BCUT2D eigenvalue weighted by Gasteiger charge is 2.23. The molecule has 1 aliphatic rings. The first-order valence-electron chi connectivity index (χ1n) is 7.68. The molecule has 1 aliphatic heterocycles. The van der Waals surface area contributed by atoms with Crippen molar-refractivity contribution in [2.24, 2.45) is 0 Å². The number of amides is 1. The van der Waals surface area contributed by atoms with E-state index in [4.69, 9.17) is 0 Å². The molecule has 2 aromatic rings. The SMILES string of the molecule is CC(C)=CC(=O)N1CCN(c2nnnn2-c2ccccc2)CC1. The van der Waals surface area contributed by atoms with Crippen LogP contribution >= 0.6 is 0 Å². The second-order valence-corrected chi connectivity index (χ2v) is 5.76. The lowest BCUT2D eigenvalue weighted by atomic mass is 10.2. The first kappa shape index (κ1) is 15.2. The average molecular weight is 312 g/mol. The van der Waals surface area contributed by atoms with Crippen LogP contribution in [0.4, 0.5) is 5.95 Å². The molecule has 1 aromatic carbocycles. The first-order chi connectivity index (χ1) is 11.1. The van der Waals surface area contributed by atoms with E-state index in [2.05, 4.69) is 20.4 Å². The van der Waals surface area contributed by atoms with Gasteiger partial charge in [0.05, 0.1) is 5.69 Å². The molecule has 1 amide bonds. The highest BCUT2D eigenvalue weighted by atomic mass is 16.2. The van der Waals surface area contributed by atoms with Gasteiger partial charge >= 0.3 is 0 Å². The minimum atomic E-state index is 0.0762. The molecule has 23 heavy (non-hydrogen) atoms. The number of anilines is 1. The van der Waals surface area contributed by atoms with Gasteiger partial charge in [-0.2, -0.15) is 4.68 Å². The Labute approximate surface area is 135 Å². The normalized spacial score (nSPS) is 14.7. The van der Waals surface area contributed by atoms with Gasteiger partial charge in [-0.3, -0.25) is 4.79 Å². The van der Waals surface area contributed by atoms with Gasteiger partial charge in [-0.15, -0.1) is 0 Å². The lowest BCUT2D eigenvalue weighted by Crippen LogP contribution is -2.49. The van der Waals surface area contributed by atoms with E-state index in [1.165, 1.54) is 0 Å². The summed E-state index contributed by atoms with van der Waals surface area (Å²) in [5.41, 5.74) is 1.95. The van der Waals surface area contributed by atoms with Crippen molar-refractivity contribution >= 4 is 11.9 Å². The molecule has 0 N–H and O–H groups in total. The molecule has 0 spiro atoms. The molecule has 0 bridgehead atoms. The highest BCUT2D eigenvalue weighted by Crippen LogP contribution is 2.17. The lowest BCUT2D eigenvalue weighted by Gasteiger charge is -2.34. The van der Waals surface area contributed by atoms with Crippen LogP contribution in [-0.2, 0) is 4.79 Å². The second kappa shape index (κ2) is 6.60. The van der Waals surface area contributed by atoms with E-state index in [0.717, 1.165) is 24.4 Å². The molecule has 7 heteroatoms. The standard InChI is InChI=1S/C16H20N6O/c1-13(2)12-15(23)20-8-10-21(11-9-20)16-17-18-19-22(16)14-6-4-3-5-7-14/h3-7,12H,8-11H2,1-2H3. The quantitative estimate of drug-likeness (QED) is 0.799. The summed E-state index contributed by atoms with van der Waals surface area (Å²) in [6.07, 6.45) is 1.68. The van der Waals surface area contributed by atoms with Crippen molar-refractivity contribution in [1.82, 2.24) is 25.1 Å². The third-order valence-corrected chi connectivity index (χ3v) is 3.74. The first-order valence-corrected chi connectivity index (χ1v) is 7.68. The smallest absolute Gasteiger partial charge is 0.250 e. The van der Waals surface area contributed by atoms with Crippen LogP contribution in [0.1, 0.15) is 13.8 Å². The fourth-order valence-corrected chi connectivity index (χ4v) is 2.58. The molecule has 0 aliphatic carbocycles. The Morgan fingerprint density at radius 1 is 1.09 bits per heavy atom. The zero-order valence-corrected chi connectivity index (χ0v) is 13.4. The van der Waals surface area contributed by atoms with E-state index in [1.54, 1.807) is 10.8 Å². The number of hydrogen-bond donors (Lipinski definition) is 0. The van der Waals surface area contributed by atoms with Gasteiger partial charge in [-0.25, -0.2) is 0 Å². The molecule has 1 saturated heterocycles. The van der Waals surface area contributed by atoms with E-state index in [9.17, 15) is 4.79 Å². The van der Waals surface area contributed by atoms with Crippen molar-refractivity contribution in [3.63, 3.8) is 0 Å². The largest absolute Gasteiger partial charge is 0.336 e. The summed E-state index contributed by atoms with van der Waals surface area (Å²) in [6, 6.07) is 9.80. The highest BCUT2D eigenvalue weighted by molar-refractivity contribution is 5.88. The fraction of sp³-hybridized carbons (Fsp3) is 0.375. The molecule has 0 unspecified atom stereocenters. The molecule has 7 nitrogen and oxygen atoms in total. The number of allylic oxidation sites excluding steroid dienone is 1. The van der Waals surface area contributed by atoms with Gasteiger partial charge in [0, 0.05) is 32.3 Å². The van der Waals surface area contributed by atoms with Gasteiger partial charge in [-0.1, -0.05) is 28.9 Å². The van der Waals surface area contributed by atoms with Crippen LogP contribution in [0.15, 0.2) is 42.0 Å². The van der Waals surface area contributed by atoms with Crippen molar-refractivity contribution in [3.8, 4) is 5.69 Å². The number of benzene rings is 1. The summed E-state index contributed by atoms with van der Waals surface area (Å²) in [5, 5.41) is 12.0. The molecule has 1 aromatic heterocycles. The number of nitrogens with zero attached hydrogens (tertiary/aromatic N) is 6. The van der Waals surface area contributed by atoms with E-state index < -0.39 is 0 Å². The molecule has 2 heterocycles. The Kier molecular flexibility index (Phi) is 4.36. The van der Waals surface area contributed by atoms with Crippen molar-refractivity contribution in [2.45, 2.75) is 13.8 Å². The summed E-state index contributed by atoms with van der Waals surface area (Å²) >= 11 is 0. The Bertz CT molecular complexity index is 696. The summed E-state index contributed by atoms with van der Waals surface area (Å²) in [4.78, 5) is 16.0. The van der Waals surface area contributed by atoms with E-state index >= 15 is 0 Å². The van der Waals surface area contributed by atoms with Gasteiger partial charge in [0.2, 0.25) is 11.9 Å².